The van der Waals surface area contributed by atoms with Gasteiger partial charge >= 0.3 is 12.2 Å². The van der Waals surface area contributed by atoms with Crippen LogP contribution in [0.15, 0.2) is 97.1 Å². The molecule has 5 rings (SSSR count). The van der Waals surface area contributed by atoms with Crippen molar-refractivity contribution in [2.45, 2.75) is 50.8 Å². The van der Waals surface area contributed by atoms with E-state index in [1.165, 1.54) is 55.1 Å². The summed E-state index contributed by atoms with van der Waals surface area (Å²) in [6.45, 7) is 2.12. The largest absolute Gasteiger partial charge is 0.445 e. The van der Waals surface area contributed by atoms with Crippen molar-refractivity contribution in [3.8, 4) is 11.1 Å². The van der Waals surface area contributed by atoms with Crippen molar-refractivity contribution in [3.63, 3.8) is 0 Å². The fourth-order valence-corrected chi connectivity index (χ4v) is 6.58. The summed E-state index contributed by atoms with van der Waals surface area (Å²) in [4.78, 5) is 59.5. The van der Waals surface area contributed by atoms with Crippen LogP contribution >= 0.6 is 11.8 Å². The molecule has 0 bridgehead atoms. The van der Waals surface area contributed by atoms with Crippen LogP contribution in [0.3, 0.4) is 0 Å². The Kier molecular flexibility index (Phi) is 11.8. The SMILES string of the molecule is CC(=O)SC1CC(Cc2ccc(-c3ccc(CNC(=O)OCc4ccc([N+](=O)[O-])cc4)cc3)cc2)N(C(=O)OCc2ccc([N+](=O)[O-])cc2)C1. The van der Waals surface area contributed by atoms with Crippen molar-refractivity contribution in [3.05, 3.63) is 140 Å². The van der Waals surface area contributed by atoms with E-state index >= 15 is 0 Å². The average Bonchev–Trinajstić information content (AvgIpc) is 3.50. The highest BCUT2D eigenvalue weighted by molar-refractivity contribution is 8.14. The van der Waals surface area contributed by atoms with Gasteiger partial charge in [-0.1, -0.05) is 60.3 Å². The van der Waals surface area contributed by atoms with Crippen LogP contribution in [0.4, 0.5) is 21.0 Å². The number of benzene rings is 4. The molecule has 1 saturated heterocycles. The second-order valence-corrected chi connectivity index (χ2v) is 13.2. The number of carbonyl (C=O) groups is 3. The number of likely N-dealkylation sites (tertiary alicyclic amines) is 1. The van der Waals surface area contributed by atoms with Crippen LogP contribution in [-0.2, 0) is 40.4 Å². The molecule has 1 aliphatic rings. The number of nitrogens with one attached hydrogen (secondary N) is 1. The van der Waals surface area contributed by atoms with Gasteiger partial charge in [-0.3, -0.25) is 25.0 Å². The summed E-state index contributed by atoms with van der Waals surface area (Å²) in [6.07, 6.45) is 0.114. The number of nitrogens with zero attached hydrogens (tertiary/aromatic N) is 3. The molecule has 1 N–H and O–H groups in total. The minimum absolute atomic E-state index is 0.0101. The molecule has 1 aliphatic heterocycles. The number of rotatable bonds is 12. The quantitative estimate of drug-likeness (QED) is 0.118. The molecule has 0 spiro atoms. The van der Waals surface area contributed by atoms with E-state index in [4.69, 9.17) is 9.47 Å². The number of amides is 2. The zero-order chi connectivity index (χ0) is 35.6. The van der Waals surface area contributed by atoms with Gasteiger partial charge in [-0.2, -0.15) is 0 Å². The molecular formula is C36H34N4O9S. The predicted octanol–water partition coefficient (Wildman–Crippen LogP) is 7.20. The molecule has 0 saturated carbocycles. The Hall–Kier alpha value is -5.76. The number of nitro groups is 2. The smallest absolute Gasteiger partial charge is 0.410 e. The van der Waals surface area contributed by atoms with E-state index in [-0.39, 0.29) is 47.5 Å². The molecule has 14 heteroatoms. The van der Waals surface area contributed by atoms with Crippen molar-refractivity contribution in [1.82, 2.24) is 10.2 Å². The first-order valence-corrected chi connectivity index (χ1v) is 16.6. The molecule has 13 nitrogen and oxygen atoms in total. The van der Waals surface area contributed by atoms with Crippen LogP contribution in [-0.4, -0.2) is 49.9 Å². The normalized spacial score (nSPS) is 15.3. The molecule has 2 amide bonds. The third kappa shape index (κ3) is 9.89. The van der Waals surface area contributed by atoms with Gasteiger partial charge in [0.2, 0.25) is 0 Å². The molecule has 0 aromatic heterocycles. The van der Waals surface area contributed by atoms with E-state index < -0.39 is 22.0 Å². The Labute approximate surface area is 291 Å². The lowest BCUT2D eigenvalue weighted by atomic mass is 9.99. The summed E-state index contributed by atoms with van der Waals surface area (Å²) >= 11 is 1.22. The van der Waals surface area contributed by atoms with Gasteiger partial charge in [0.15, 0.2) is 5.12 Å². The highest BCUT2D eigenvalue weighted by Crippen LogP contribution is 2.31. The molecule has 1 heterocycles. The molecule has 2 atom stereocenters. The summed E-state index contributed by atoms with van der Waals surface area (Å²) in [5.41, 5.74) is 5.06. The zero-order valence-corrected chi connectivity index (χ0v) is 27.9. The van der Waals surface area contributed by atoms with Crippen molar-refractivity contribution in [1.29, 1.82) is 0 Å². The van der Waals surface area contributed by atoms with Crippen LogP contribution < -0.4 is 5.32 Å². The highest BCUT2D eigenvalue weighted by atomic mass is 32.2. The minimum atomic E-state index is -0.604. The first-order valence-electron chi connectivity index (χ1n) is 15.7. The maximum absolute atomic E-state index is 13.1. The molecule has 0 radical (unpaired) electrons. The topological polar surface area (TPSA) is 171 Å². The van der Waals surface area contributed by atoms with Crippen molar-refractivity contribution >= 4 is 40.4 Å². The fourth-order valence-electron chi connectivity index (χ4n) is 5.56. The van der Waals surface area contributed by atoms with E-state index in [0.717, 1.165) is 22.3 Å². The van der Waals surface area contributed by atoms with Crippen LogP contribution in [0.5, 0.6) is 0 Å². The predicted molar refractivity (Wildman–Crippen MR) is 186 cm³/mol. The zero-order valence-electron chi connectivity index (χ0n) is 27.1. The Morgan fingerprint density at radius 1 is 0.740 bits per heavy atom. The summed E-state index contributed by atoms with van der Waals surface area (Å²) in [6, 6.07) is 27.2. The third-order valence-electron chi connectivity index (χ3n) is 8.12. The molecule has 4 aromatic rings. The summed E-state index contributed by atoms with van der Waals surface area (Å²) < 4.78 is 10.8. The number of ether oxygens (including phenoxy) is 2. The first kappa shape index (κ1) is 35.5. The van der Waals surface area contributed by atoms with Gasteiger partial charge in [-0.25, -0.2) is 9.59 Å². The minimum Gasteiger partial charge on any atom is -0.445 e. The Balaban J connectivity index is 1.13. The number of thioether (sulfide) groups is 1. The molecule has 2 unspecified atom stereocenters. The van der Waals surface area contributed by atoms with Gasteiger partial charge in [0.1, 0.15) is 13.2 Å². The van der Waals surface area contributed by atoms with E-state index in [2.05, 4.69) is 5.32 Å². The molecule has 0 aliphatic carbocycles. The molecule has 258 valence electrons. The fraction of sp³-hybridized carbons (Fsp3) is 0.250. The number of nitro benzene ring substituents is 2. The maximum atomic E-state index is 13.1. The van der Waals surface area contributed by atoms with Crippen molar-refractivity contribution < 1.29 is 33.7 Å². The van der Waals surface area contributed by atoms with Gasteiger partial charge in [0.05, 0.1) is 9.85 Å². The lowest BCUT2D eigenvalue weighted by molar-refractivity contribution is -0.385. The molecule has 50 heavy (non-hydrogen) atoms. The van der Waals surface area contributed by atoms with E-state index in [0.29, 0.717) is 30.5 Å². The van der Waals surface area contributed by atoms with Crippen LogP contribution in [0, 0.1) is 20.2 Å². The monoisotopic (exact) mass is 698 g/mol. The lowest BCUT2D eigenvalue weighted by Crippen LogP contribution is -2.37. The number of non-ortho nitro benzene ring substituents is 2. The third-order valence-corrected chi connectivity index (χ3v) is 9.13. The Morgan fingerprint density at radius 2 is 1.22 bits per heavy atom. The van der Waals surface area contributed by atoms with E-state index in [1.54, 1.807) is 17.0 Å². The van der Waals surface area contributed by atoms with Gasteiger partial charge < -0.3 is 19.7 Å². The van der Waals surface area contributed by atoms with Gasteiger partial charge in [-0.15, -0.1) is 0 Å². The average molecular weight is 699 g/mol. The first-order chi connectivity index (χ1) is 24.0. The highest BCUT2D eigenvalue weighted by Gasteiger charge is 2.37. The lowest BCUT2D eigenvalue weighted by Gasteiger charge is -2.24. The number of hydrogen-bond donors (Lipinski definition) is 1. The van der Waals surface area contributed by atoms with Crippen LogP contribution in [0.2, 0.25) is 0 Å². The summed E-state index contributed by atoms with van der Waals surface area (Å²) in [5, 5.41) is 24.3. The number of hydrogen-bond acceptors (Lipinski definition) is 10. The molecular weight excluding hydrogens is 664 g/mol. The Morgan fingerprint density at radius 3 is 1.72 bits per heavy atom. The van der Waals surface area contributed by atoms with Crippen molar-refractivity contribution in [2.75, 3.05) is 6.54 Å². The standard InChI is InChI=1S/C36H34N4O9S/c1-24(41)50-34-19-33(38(21-34)36(43)49-23-28-8-16-32(17-9-28)40(46)47)18-25-2-10-29(11-3-25)30-12-4-26(5-13-30)20-37-35(42)48-22-27-6-14-31(15-7-27)39(44)45/h2-17,33-34H,18-23H2,1H3,(H,37,42). The maximum Gasteiger partial charge on any atom is 0.410 e. The number of carbonyl (C=O) groups excluding carboxylic acids is 3. The summed E-state index contributed by atoms with van der Waals surface area (Å²) in [5.74, 6) is 0. The van der Waals surface area contributed by atoms with E-state index in [1.807, 2.05) is 48.5 Å². The van der Waals surface area contributed by atoms with Crippen molar-refractivity contribution in [2.24, 2.45) is 0 Å². The summed E-state index contributed by atoms with van der Waals surface area (Å²) in [7, 11) is 0. The van der Waals surface area contributed by atoms with Crippen LogP contribution in [0.1, 0.15) is 35.6 Å². The molecule has 1 fully saturated rings. The Bertz CT molecular complexity index is 1830. The second-order valence-electron chi connectivity index (χ2n) is 11.7. The second kappa shape index (κ2) is 16.6. The number of alkyl carbamates (subject to hydrolysis) is 1. The van der Waals surface area contributed by atoms with Crippen LogP contribution in [0.25, 0.3) is 11.1 Å². The van der Waals surface area contributed by atoms with E-state index in [9.17, 15) is 34.6 Å². The van der Waals surface area contributed by atoms with Gasteiger partial charge in [-0.05, 0) is 70.5 Å². The molecule has 4 aromatic carbocycles. The van der Waals surface area contributed by atoms with Gasteiger partial charge in [0, 0.05) is 55.6 Å². The van der Waals surface area contributed by atoms with Gasteiger partial charge in [0.25, 0.3) is 11.4 Å².